The number of nitrogens with one attached hydrogen (secondary N) is 1. The molecule has 0 aliphatic heterocycles. The lowest BCUT2D eigenvalue weighted by atomic mass is 9.86. The average molecular weight is 425 g/mol. The summed E-state index contributed by atoms with van der Waals surface area (Å²) in [6.45, 7) is 8.38. The predicted octanol–water partition coefficient (Wildman–Crippen LogP) is 5.92. The lowest BCUT2D eigenvalue weighted by molar-refractivity contribution is 0.442. The molecule has 0 saturated heterocycles. The lowest BCUT2D eigenvalue weighted by Crippen LogP contribution is -2.15. The normalized spacial score (nSPS) is 11.9. The summed E-state index contributed by atoms with van der Waals surface area (Å²) in [5.74, 6) is 0.855. The largest absolute Gasteiger partial charge is 0.437 e. The van der Waals surface area contributed by atoms with Gasteiger partial charge in [-0.2, -0.15) is 0 Å². The molecule has 0 saturated carbocycles. The summed E-state index contributed by atoms with van der Waals surface area (Å²) in [5.41, 5.74) is 2.28. The molecule has 0 unspecified atom stereocenters. The van der Waals surface area contributed by atoms with Gasteiger partial charge in [0, 0.05) is 11.8 Å². The van der Waals surface area contributed by atoms with Crippen molar-refractivity contribution in [3.05, 3.63) is 78.0 Å². The number of ether oxygens (including phenoxy) is 1. The van der Waals surface area contributed by atoms with Gasteiger partial charge in [0.1, 0.15) is 11.4 Å². The second kappa shape index (κ2) is 8.88. The first-order chi connectivity index (χ1) is 14.2. The van der Waals surface area contributed by atoms with Crippen LogP contribution in [-0.2, 0) is 21.9 Å². The smallest absolute Gasteiger partial charge is 0.262 e. The van der Waals surface area contributed by atoms with E-state index in [0.717, 1.165) is 24.0 Å². The summed E-state index contributed by atoms with van der Waals surface area (Å²) in [4.78, 5) is 4.47. The number of benzene rings is 2. The van der Waals surface area contributed by atoms with Gasteiger partial charge in [0.05, 0.1) is 4.90 Å². The predicted molar refractivity (Wildman–Crippen MR) is 121 cm³/mol. The minimum atomic E-state index is -3.77. The third-order valence-electron chi connectivity index (χ3n) is 4.69. The summed E-state index contributed by atoms with van der Waals surface area (Å²) in [6.07, 6.45) is 3.50. The molecular weight excluding hydrogens is 396 g/mol. The van der Waals surface area contributed by atoms with E-state index in [4.69, 9.17) is 4.74 Å². The molecule has 1 N–H and O–H groups in total. The number of hydrogen-bond donors (Lipinski definition) is 1. The summed E-state index contributed by atoms with van der Waals surface area (Å²) >= 11 is 0. The number of aromatic nitrogens is 1. The molecule has 158 valence electrons. The molecular formula is C24H28N2O3S. The van der Waals surface area contributed by atoms with Crippen molar-refractivity contribution < 1.29 is 13.2 Å². The Kier molecular flexibility index (Phi) is 6.46. The van der Waals surface area contributed by atoms with Crippen molar-refractivity contribution in [2.45, 2.75) is 50.8 Å². The van der Waals surface area contributed by atoms with E-state index in [-0.39, 0.29) is 16.2 Å². The van der Waals surface area contributed by atoms with Crippen LogP contribution in [0.25, 0.3) is 0 Å². The molecule has 0 fully saturated rings. The minimum absolute atomic E-state index is 0.134. The molecule has 2 aromatic carbocycles. The highest BCUT2D eigenvalue weighted by Crippen LogP contribution is 2.36. The number of pyridine rings is 1. The van der Waals surface area contributed by atoms with Crippen LogP contribution in [0.4, 0.5) is 5.69 Å². The SMILES string of the molecule is CCCc1ccc(S(=O)(=O)Nc2cccnc2Oc2ccccc2C(C)(C)C)cc1. The van der Waals surface area contributed by atoms with Crippen LogP contribution in [0.3, 0.4) is 0 Å². The van der Waals surface area contributed by atoms with Crippen LogP contribution in [-0.4, -0.2) is 13.4 Å². The Morgan fingerprint density at radius 3 is 2.33 bits per heavy atom. The number of para-hydroxylation sites is 1. The Hall–Kier alpha value is -2.86. The molecule has 0 aliphatic carbocycles. The molecule has 0 spiro atoms. The van der Waals surface area contributed by atoms with Crippen LogP contribution < -0.4 is 9.46 Å². The van der Waals surface area contributed by atoms with Crippen LogP contribution in [0.1, 0.15) is 45.2 Å². The zero-order chi connectivity index (χ0) is 21.8. The molecule has 0 atom stereocenters. The van der Waals surface area contributed by atoms with E-state index in [2.05, 4.69) is 37.4 Å². The van der Waals surface area contributed by atoms with Crippen LogP contribution in [0.2, 0.25) is 0 Å². The molecule has 1 aromatic heterocycles. The number of rotatable bonds is 7. The molecule has 0 bridgehead atoms. The van der Waals surface area contributed by atoms with Gasteiger partial charge >= 0.3 is 0 Å². The molecule has 0 aliphatic rings. The Morgan fingerprint density at radius 2 is 1.67 bits per heavy atom. The Labute approximate surface area is 179 Å². The maximum Gasteiger partial charge on any atom is 0.262 e. The van der Waals surface area contributed by atoms with Gasteiger partial charge in [-0.25, -0.2) is 13.4 Å². The maximum absolute atomic E-state index is 12.9. The Bertz CT molecular complexity index is 1100. The monoisotopic (exact) mass is 424 g/mol. The fourth-order valence-corrected chi connectivity index (χ4v) is 4.21. The quantitative estimate of drug-likeness (QED) is 0.511. The van der Waals surface area contributed by atoms with E-state index in [1.807, 2.05) is 36.4 Å². The third-order valence-corrected chi connectivity index (χ3v) is 6.07. The Morgan fingerprint density at radius 1 is 0.967 bits per heavy atom. The van der Waals surface area contributed by atoms with Crippen molar-refractivity contribution in [1.82, 2.24) is 4.98 Å². The van der Waals surface area contributed by atoms with E-state index in [1.165, 1.54) is 0 Å². The number of sulfonamides is 1. The first kappa shape index (κ1) is 21.8. The van der Waals surface area contributed by atoms with Crippen molar-refractivity contribution in [3.8, 4) is 11.6 Å². The van der Waals surface area contributed by atoms with Gasteiger partial charge in [0.2, 0.25) is 5.88 Å². The second-order valence-electron chi connectivity index (χ2n) is 8.20. The summed E-state index contributed by atoms with van der Waals surface area (Å²) in [6, 6.07) is 18.0. The highest BCUT2D eigenvalue weighted by atomic mass is 32.2. The third kappa shape index (κ3) is 5.19. The maximum atomic E-state index is 12.9. The molecule has 1 heterocycles. The van der Waals surface area contributed by atoms with E-state index < -0.39 is 10.0 Å². The number of hydrogen-bond acceptors (Lipinski definition) is 4. The van der Waals surface area contributed by atoms with Gasteiger partial charge in [0.25, 0.3) is 10.0 Å². The molecule has 5 nitrogen and oxygen atoms in total. The molecule has 0 amide bonds. The van der Waals surface area contributed by atoms with Gasteiger partial charge in [-0.1, -0.05) is 64.4 Å². The summed E-state index contributed by atoms with van der Waals surface area (Å²) in [5, 5.41) is 0. The van der Waals surface area contributed by atoms with Crippen LogP contribution in [0, 0.1) is 0 Å². The first-order valence-corrected chi connectivity index (χ1v) is 11.5. The second-order valence-corrected chi connectivity index (χ2v) is 9.89. The van der Waals surface area contributed by atoms with Crippen molar-refractivity contribution in [2.24, 2.45) is 0 Å². The van der Waals surface area contributed by atoms with Crippen molar-refractivity contribution in [2.75, 3.05) is 4.72 Å². The average Bonchev–Trinajstić information content (AvgIpc) is 2.70. The zero-order valence-corrected chi connectivity index (χ0v) is 18.7. The molecule has 0 radical (unpaired) electrons. The van der Waals surface area contributed by atoms with E-state index in [1.54, 1.807) is 30.5 Å². The molecule has 3 rings (SSSR count). The van der Waals surface area contributed by atoms with E-state index in [9.17, 15) is 8.42 Å². The number of anilines is 1. The van der Waals surface area contributed by atoms with Gasteiger partial charge in [-0.3, -0.25) is 4.72 Å². The molecule has 30 heavy (non-hydrogen) atoms. The molecule has 3 aromatic rings. The van der Waals surface area contributed by atoms with Crippen molar-refractivity contribution in [3.63, 3.8) is 0 Å². The summed E-state index contributed by atoms with van der Waals surface area (Å²) in [7, 11) is -3.77. The van der Waals surface area contributed by atoms with E-state index in [0.29, 0.717) is 11.4 Å². The topological polar surface area (TPSA) is 68.3 Å². The Balaban J connectivity index is 1.89. The lowest BCUT2D eigenvalue weighted by Gasteiger charge is -2.22. The van der Waals surface area contributed by atoms with E-state index >= 15 is 0 Å². The number of nitrogens with zero attached hydrogens (tertiary/aromatic N) is 1. The van der Waals surface area contributed by atoms with Crippen molar-refractivity contribution >= 4 is 15.7 Å². The minimum Gasteiger partial charge on any atom is -0.437 e. The first-order valence-electron chi connectivity index (χ1n) is 10.0. The fraction of sp³-hybridized carbons (Fsp3) is 0.292. The van der Waals surface area contributed by atoms with Crippen molar-refractivity contribution in [1.29, 1.82) is 0 Å². The van der Waals surface area contributed by atoms with Crippen LogP contribution in [0.15, 0.2) is 71.8 Å². The van der Waals surface area contributed by atoms with Gasteiger partial charge < -0.3 is 4.74 Å². The highest BCUT2D eigenvalue weighted by Gasteiger charge is 2.21. The van der Waals surface area contributed by atoms with Gasteiger partial charge in [-0.15, -0.1) is 0 Å². The van der Waals surface area contributed by atoms with Gasteiger partial charge in [0.15, 0.2) is 0 Å². The summed E-state index contributed by atoms with van der Waals surface area (Å²) < 4.78 is 34.5. The highest BCUT2D eigenvalue weighted by molar-refractivity contribution is 7.92. The fourth-order valence-electron chi connectivity index (χ4n) is 3.16. The molecule has 6 heteroatoms. The number of aryl methyl sites for hydroxylation is 1. The van der Waals surface area contributed by atoms with Crippen LogP contribution in [0.5, 0.6) is 11.6 Å². The van der Waals surface area contributed by atoms with Gasteiger partial charge in [-0.05, 0) is 47.7 Å². The standard InChI is InChI=1S/C24H28N2O3S/c1-5-9-18-13-15-19(16-14-18)30(27,28)26-21-11-8-17-25-23(21)29-22-12-7-6-10-20(22)24(2,3)4/h6-8,10-17,26H,5,9H2,1-4H3. The van der Waals surface area contributed by atoms with Crippen LogP contribution >= 0.6 is 0 Å². The zero-order valence-electron chi connectivity index (χ0n) is 17.8.